The van der Waals surface area contributed by atoms with E-state index in [0.29, 0.717) is 11.6 Å². The van der Waals surface area contributed by atoms with Gasteiger partial charge in [-0.2, -0.15) is 0 Å². The monoisotopic (exact) mass is 273 g/mol. The van der Waals surface area contributed by atoms with E-state index in [1.54, 1.807) is 0 Å². The zero-order valence-electron chi connectivity index (χ0n) is 12.6. The third kappa shape index (κ3) is 3.04. The molecular weight excluding hydrogens is 246 g/mol. The molecule has 1 aliphatic carbocycles. The molecule has 3 heteroatoms. The lowest BCUT2D eigenvalue weighted by Crippen LogP contribution is -2.52. The van der Waals surface area contributed by atoms with Gasteiger partial charge in [0.2, 0.25) is 0 Å². The average molecular weight is 273 g/mol. The Morgan fingerprint density at radius 1 is 1.25 bits per heavy atom. The second-order valence-electron chi connectivity index (χ2n) is 6.55. The zero-order chi connectivity index (χ0) is 13.8. The van der Waals surface area contributed by atoms with Gasteiger partial charge in [0.25, 0.3) is 0 Å². The number of rotatable bonds is 2. The van der Waals surface area contributed by atoms with Crippen LogP contribution in [0.1, 0.15) is 57.1 Å². The first kappa shape index (κ1) is 14.0. The summed E-state index contributed by atoms with van der Waals surface area (Å²) >= 11 is 0. The van der Waals surface area contributed by atoms with Crippen molar-refractivity contribution in [3.63, 3.8) is 0 Å². The Balaban J connectivity index is 1.74. The Morgan fingerprint density at radius 3 is 2.85 bits per heavy atom. The fourth-order valence-corrected chi connectivity index (χ4v) is 3.89. The molecule has 1 aromatic rings. The molecule has 0 amide bonds. The van der Waals surface area contributed by atoms with E-state index in [-0.39, 0.29) is 0 Å². The highest BCUT2D eigenvalue weighted by Gasteiger charge is 2.36. The molecule has 0 radical (unpaired) electrons. The van der Waals surface area contributed by atoms with Crippen molar-refractivity contribution in [1.29, 1.82) is 0 Å². The van der Waals surface area contributed by atoms with Gasteiger partial charge in [0.1, 0.15) is 0 Å². The second kappa shape index (κ2) is 6.23. The summed E-state index contributed by atoms with van der Waals surface area (Å²) in [6.45, 7) is 5.91. The van der Waals surface area contributed by atoms with Crippen LogP contribution >= 0.6 is 0 Å². The van der Waals surface area contributed by atoms with Crippen LogP contribution in [0.3, 0.4) is 0 Å². The summed E-state index contributed by atoms with van der Waals surface area (Å²) in [5.74, 6) is 0. The van der Waals surface area contributed by atoms with E-state index in [9.17, 15) is 0 Å². The van der Waals surface area contributed by atoms with Gasteiger partial charge in [-0.1, -0.05) is 25.3 Å². The van der Waals surface area contributed by atoms with Gasteiger partial charge in [0.15, 0.2) is 0 Å². The normalized spacial score (nSPS) is 25.2. The molecule has 2 aliphatic rings. The van der Waals surface area contributed by atoms with Gasteiger partial charge in [0, 0.05) is 37.1 Å². The number of hydrogen-bond donors (Lipinski definition) is 1. The first-order valence-corrected chi connectivity index (χ1v) is 8.18. The van der Waals surface area contributed by atoms with Crippen molar-refractivity contribution in [2.24, 2.45) is 0 Å². The van der Waals surface area contributed by atoms with Crippen LogP contribution < -0.4 is 5.32 Å². The Hall–Kier alpha value is -0.930. The minimum absolute atomic E-state index is 0.380. The number of aromatic nitrogens is 1. The van der Waals surface area contributed by atoms with Gasteiger partial charge in [-0.15, -0.1) is 0 Å². The smallest absolute Gasteiger partial charge is 0.0335 e. The van der Waals surface area contributed by atoms with Gasteiger partial charge in [-0.05, 0) is 44.4 Å². The van der Waals surface area contributed by atoms with Gasteiger partial charge in [-0.3, -0.25) is 9.88 Å². The van der Waals surface area contributed by atoms with E-state index in [0.717, 1.165) is 0 Å². The standard InChI is InChI=1S/C17H27N3/c1-15(16-7-5-10-18-13-16)20-12-6-11-19-17(14-20)8-3-2-4-9-17/h5,7,10,13,15,19H,2-4,6,8-9,11-12,14H2,1H3. The lowest BCUT2D eigenvalue weighted by molar-refractivity contribution is 0.134. The summed E-state index contributed by atoms with van der Waals surface area (Å²) in [4.78, 5) is 6.95. The van der Waals surface area contributed by atoms with E-state index in [4.69, 9.17) is 0 Å². The third-order valence-electron chi connectivity index (χ3n) is 5.15. The van der Waals surface area contributed by atoms with Crippen LogP contribution in [0.4, 0.5) is 0 Å². The molecule has 2 heterocycles. The largest absolute Gasteiger partial charge is 0.310 e. The summed E-state index contributed by atoms with van der Waals surface area (Å²) in [6, 6.07) is 4.74. The summed E-state index contributed by atoms with van der Waals surface area (Å²) in [5, 5.41) is 3.88. The molecule has 20 heavy (non-hydrogen) atoms. The van der Waals surface area contributed by atoms with Gasteiger partial charge in [0.05, 0.1) is 0 Å². The molecule has 1 unspecified atom stereocenters. The topological polar surface area (TPSA) is 28.2 Å². The molecule has 1 saturated carbocycles. The SMILES string of the molecule is CC(c1cccnc1)N1CCCNC2(CCCCC2)C1. The van der Waals surface area contributed by atoms with Crippen LogP contribution in [0.15, 0.2) is 24.5 Å². The highest BCUT2D eigenvalue weighted by atomic mass is 15.2. The Kier molecular flexibility index (Phi) is 4.37. The first-order chi connectivity index (χ1) is 9.79. The maximum Gasteiger partial charge on any atom is 0.0335 e. The quantitative estimate of drug-likeness (QED) is 0.897. The predicted octanol–water partition coefficient (Wildman–Crippen LogP) is 3.14. The van der Waals surface area contributed by atoms with Crippen LogP contribution in [0.2, 0.25) is 0 Å². The van der Waals surface area contributed by atoms with Crippen molar-refractivity contribution in [3.05, 3.63) is 30.1 Å². The zero-order valence-corrected chi connectivity index (χ0v) is 12.6. The average Bonchev–Trinajstić information content (AvgIpc) is 2.71. The maximum absolute atomic E-state index is 4.29. The van der Waals surface area contributed by atoms with Gasteiger partial charge >= 0.3 is 0 Å². The highest BCUT2D eigenvalue weighted by Crippen LogP contribution is 2.33. The molecule has 1 spiro atoms. The van der Waals surface area contributed by atoms with Crippen molar-refractivity contribution >= 4 is 0 Å². The summed E-state index contributed by atoms with van der Waals surface area (Å²) in [6.07, 6.45) is 12.0. The van der Waals surface area contributed by atoms with Gasteiger partial charge in [-0.25, -0.2) is 0 Å². The van der Waals surface area contributed by atoms with Gasteiger partial charge < -0.3 is 5.32 Å². The molecule has 0 aromatic carbocycles. The second-order valence-corrected chi connectivity index (χ2v) is 6.55. The molecule has 1 atom stereocenters. The Morgan fingerprint density at radius 2 is 2.10 bits per heavy atom. The number of nitrogens with zero attached hydrogens (tertiary/aromatic N) is 2. The van der Waals surface area contributed by atoms with E-state index in [1.807, 2.05) is 12.4 Å². The van der Waals surface area contributed by atoms with Crippen LogP contribution in [0, 0.1) is 0 Å². The molecule has 3 rings (SSSR count). The van der Waals surface area contributed by atoms with Crippen molar-refractivity contribution in [2.75, 3.05) is 19.6 Å². The number of nitrogens with one attached hydrogen (secondary N) is 1. The molecular formula is C17H27N3. The van der Waals surface area contributed by atoms with Crippen LogP contribution in [0.5, 0.6) is 0 Å². The molecule has 1 N–H and O–H groups in total. The Bertz CT molecular complexity index is 412. The summed E-state index contributed by atoms with van der Waals surface area (Å²) in [5.41, 5.74) is 1.73. The highest BCUT2D eigenvalue weighted by molar-refractivity contribution is 5.14. The number of pyridine rings is 1. The molecule has 1 aliphatic heterocycles. The van der Waals surface area contributed by atoms with E-state index in [2.05, 4.69) is 34.3 Å². The van der Waals surface area contributed by atoms with E-state index < -0.39 is 0 Å². The predicted molar refractivity (Wildman–Crippen MR) is 82.7 cm³/mol. The molecule has 2 fully saturated rings. The minimum Gasteiger partial charge on any atom is -0.310 e. The van der Waals surface area contributed by atoms with Crippen molar-refractivity contribution in [2.45, 2.75) is 57.0 Å². The van der Waals surface area contributed by atoms with Crippen LogP contribution in [-0.4, -0.2) is 35.1 Å². The summed E-state index contributed by atoms with van der Waals surface area (Å²) < 4.78 is 0. The van der Waals surface area contributed by atoms with Crippen LogP contribution in [-0.2, 0) is 0 Å². The lowest BCUT2D eigenvalue weighted by atomic mass is 9.81. The van der Waals surface area contributed by atoms with Crippen molar-refractivity contribution in [3.8, 4) is 0 Å². The lowest BCUT2D eigenvalue weighted by Gasteiger charge is -2.41. The third-order valence-corrected chi connectivity index (χ3v) is 5.15. The van der Waals surface area contributed by atoms with Crippen molar-refractivity contribution < 1.29 is 0 Å². The first-order valence-electron chi connectivity index (χ1n) is 8.18. The molecule has 0 bridgehead atoms. The molecule has 3 nitrogen and oxygen atoms in total. The summed E-state index contributed by atoms with van der Waals surface area (Å²) in [7, 11) is 0. The molecule has 1 aromatic heterocycles. The molecule has 110 valence electrons. The maximum atomic E-state index is 4.29. The fraction of sp³-hybridized carbons (Fsp3) is 0.706. The molecule has 1 saturated heterocycles. The Labute approximate surface area is 122 Å². The van der Waals surface area contributed by atoms with Crippen LogP contribution in [0.25, 0.3) is 0 Å². The van der Waals surface area contributed by atoms with E-state index in [1.165, 1.54) is 63.7 Å². The van der Waals surface area contributed by atoms with Crippen molar-refractivity contribution in [1.82, 2.24) is 15.2 Å². The van der Waals surface area contributed by atoms with E-state index >= 15 is 0 Å². The number of hydrogen-bond acceptors (Lipinski definition) is 3. The minimum atomic E-state index is 0.380. The fourth-order valence-electron chi connectivity index (χ4n) is 3.89.